The molecule has 0 aliphatic carbocycles. The molecular formula is C19H20N4O3S. The summed E-state index contributed by atoms with van der Waals surface area (Å²) in [4.78, 5) is 25.4. The minimum absolute atomic E-state index is 0.108. The van der Waals surface area contributed by atoms with Gasteiger partial charge in [-0.15, -0.1) is 11.3 Å². The smallest absolute Gasteiger partial charge is 0.255 e. The third-order valence-corrected chi connectivity index (χ3v) is 4.65. The number of nitrogens with one attached hydrogen (secondary N) is 2. The highest BCUT2D eigenvalue weighted by molar-refractivity contribution is 7.13. The van der Waals surface area contributed by atoms with E-state index in [4.69, 9.17) is 4.74 Å². The summed E-state index contributed by atoms with van der Waals surface area (Å²) in [7, 11) is 1.56. The number of benzene rings is 1. The molecule has 2 heterocycles. The van der Waals surface area contributed by atoms with Crippen molar-refractivity contribution in [1.29, 1.82) is 0 Å². The van der Waals surface area contributed by atoms with Gasteiger partial charge in [0.15, 0.2) is 0 Å². The number of hydrogen-bond acceptors (Lipinski definition) is 5. The first kappa shape index (κ1) is 18.8. The second kappa shape index (κ2) is 9.11. The topological polar surface area (TPSA) is 85.3 Å². The number of carbonyl (C=O) groups excluding carboxylic acids is 2. The van der Waals surface area contributed by atoms with Gasteiger partial charge in [-0.1, -0.05) is 24.3 Å². The van der Waals surface area contributed by atoms with E-state index in [-0.39, 0.29) is 18.4 Å². The van der Waals surface area contributed by atoms with E-state index >= 15 is 0 Å². The molecular weight excluding hydrogens is 364 g/mol. The largest absolute Gasteiger partial charge is 0.383 e. The molecule has 140 valence electrons. The highest BCUT2D eigenvalue weighted by Gasteiger charge is 2.19. The molecule has 0 aliphatic heterocycles. The van der Waals surface area contributed by atoms with Gasteiger partial charge in [0.25, 0.3) is 5.91 Å². The molecule has 27 heavy (non-hydrogen) atoms. The van der Waals surface area contributed by atoms with Gasteiger partial charge in [-0.3, -0.25) is 9.59 Å². The average Bonchev–Trinajstić information content (AvgIpc) is 3.36. The van der Waals surface area contributed by atoms with Crippen molar-refractivity contribution in [3.8, 4) is 16.3 Å². The van der Waals surface area contributed by atoms with Crippen molar-refractivity contribution in [2.75, 3.05) is 26.8 Å². The molecule has 0 radical (unpaired) electrons. The van der Waals surface area contributed by atoms with Crippen LogP contribution >= 0.6 is 11.3 Å². The van der Waals surface area contributed by atoms with E-state index < -0.39 is 0 Å². The van der Waals surface area contributed by atoms with Crippen LogP contribution in [0.5, 0.6) is 0 Å². The highest BCUT2D eigenvalue weighted by atomic mass is 32.1. The van der Waals surface area contributed by atoms with Crippen LogP contribution in [0.1, 0.15) is 10.4 Å². The van der Waals surface area contributed by atoms with Crippen LogP contribution in [0, 0.1) is 0 Å². The fourth-order valence-electron chi connectivity index (χ4n) is 2.46. The predicted octanol–water partition coefficient (Wildman–Crippen LogP) is 2.09. The zero-order chi connectivity index (χ0) is 19.1. The zero-order valence-corrected chi connectivity index (χ0v) is 15.7. The summed E-state index contributed by atoms with van der Waals surface area (Å²) in [5, 5.41) is 11.8. The maximum absolute atomic E-state index is 12.7. The van der Waals surface area contributed by atoms with E-state index in [0.29, 0.717) is 24.4 Å². The van der Waals surface area contributed by atoms with Crippen molar-refractivity contribution in [2.45, 2.75) is 0 Å². The third kappa shape index (κ3) is 4.81. The number of amides is 2. The van der Waals surface area contributed by atoms with E-state index in [0.717, 1.165) is 10.6 Å². The van der Waals surface area contributed by atoms with Gasteiger partial charge in [-0.25, -0.2) is 4.68 Å². The summed E-state index contributed by atoms with van der Waals surface area (Å²) < 4.78 is 6.55. The first-order valence-corrected chi connectivity index (χ1v) is 9.30. The molecule has 0 unspecified atom stereocenters. The Morgan fingerprint density at radius 3 is 2.67 bits per heavy atom. The number of nitrogens with zero attached hydrogens (tertiary/aromatic N) is 2. The van der Waals surface area contributed by atoms with Gasteiger partial charge < -0.3 is 15.4 Å². The molecule has 0 fully saturated rings. The maximum Gasteiger partial charge on any atom is 0.255 e. The second-order valence-electron chi connectivity index (χ2n) is 5.67. The number of aromatic nitrogens is 2. The number of thiophene rings is 1. The first-order valence-electron chi connectivity index (χ1n) is 8.42. The van der Waals surface area contributed by atoms with E-state index in [2.05, 4.69) is 15.7 Å². The molecule has 0 atom stereocenters. The van der Waals surface area contributed by atoms with E-state index in [9.17, 15) is 9.59 Å². The van der Waals surface area contributed by atoms with Gasteiger partial charge in [0.1, 0.15) is 5.69 Å². The molecule has 3 rings (SSSR count). The lowest BCUT2D eigenvalue weighted by atomic mass is 10.2. The molecule has 2 aromatic heterocycles. The normalized spacial score (nSPS) is 10.6. The Balaban J connectivity index is 1.78. The van der Waals surface area contributed by atoms with E-state index in [1.807, 2.05) is 47.8 Å². The summed E-state index contributed by atoms with van der Waals surface area (Å²) >= 11 is 1.51. The minimum atomic E-state index is -0.345. The minimum Gasteiger partial charge on any atom is -0.383 e. The summed E-state index contributed by atoms with van der Waals surface area (Å²) in [6, 6.07) is 13.4. The summed E-state index contributed by atoms with van der Waals surface area (Å²) in [6.07, 6.45) is 1.68. The van der Waals surface area contributed by atoms with Crippen molar-refractivity contribution >= 4 is 23.2 Å². The lowest BCUT2D eigenvalue weighted by Crippen LogP contribution is -2.38. The summed E-state index contributed by atoms with van der Waals surface area (Å²) in [6.45, 7) is 0.715. The molecule has 7 nitrogen and oxygen atoms in total. The SMILES string of the molecule is COCCNC(=O)CNC(=O)c1cn(-c2ccccc2)nc1-c1cccs1. The van der Waals surface area contributed by atoms with Crippen LogP contribution in [0.3, 0.4) is 0 Å². The van der Waals surface area contributed by atoms with Gasteiger partial charge in [0.2, 0.25) is 5.91 Å². The highest BCUT2D eigenvalue weighted by Crippen LogP contribution is 2.27. The van der Waals surface area contributed by atoms with Crippen LogP contribution in [0.15, 0.2) is 54.0 Å². The average molecular weight is 384 g/mol. The Morgan fingerprint density at radius 1 is 1.15 bits per heavy atom. The molecule has 3 aromatic rings. The predicted molar refractivity (Wildman–Crippen MR) is 104 cm³/mol. The van der Waals surface area contributed by atoms with Crippen LogP contribution in [0.25, 0.3) is 16.3 Å². The lowest BCUT2D eigenvalue weighted by molar-refractivity contribution is -0.120. The number of ether oxygens (including phenoxy) is 1. The van der Waals surface area contributed by atoms with Gasteiger partial charge >= 0.3 is 0 Å². The molecule has 2 N–H and O–H groups in total. The van der Waals surface area contributed by atoms with Crippen LogP contribution in [-0.4, -0.2) is 48.4 Å². The Morgan fingerprint density at radius 2 is 1.96 bits per heavy atom. The molecule has 0 aliphatic rings. The molecule has 0 saturated heterocycles. The molecule has 1 aromatic carbocycles. The number of carbonyl (C=O) groups is 2. The van der Waals surface area contributed by atoms with E-state index in [1.54, 1.807) is 18.0 Å². The van der Waals surface area contributed by atoms with Crippen molar-refractivity contribution in [3.05, 3.63) is 59.6 Å². The van der Waals surface area contributed by atoms with Crippen LogP contribution < -0.4 is 10.6 Å². The Hall–Kier alpha value is -2.97. The number of methoxy groups -OCH3 is 1. The monoisotopic (exact) mass is 384 g/mol. The number of para-hydroxylation sites is 1. The summed E-state index contributed by atoms with van der Waals surface area (Å²) in [5.74, 6) is -0.615. The molecule has 0 bridgehead atoms. The fourth-order valence-corrected chi connectivity index (χ4v) is 3.18. The quantitative estimate of drug-likeness (QED) is 0.583. The van der Waals surface area contributed by atoms with Crippen molar-refractivity contribution in [2.24, 2.45) is 0 Å². The van der Waals surface area contributed by atoms with Crippen molar-refractivity contribution < 1.29 is 14.3 Å². The maximum atomic E-state index is 12.7. The van der Waals surface area contributed by atoms with Gasteiger partial charge in [0, 0.05) is 19.9 Å². The van der Waals surface area contributed by atoms with Gasteiger partial charge in [-0.05, 0) is 23.6 Å². The molecule has 2 amide bonds. The van der Waals surface area contributed by atoms with Gasteiger partial charge in [-0.2, -0.15) is 5.10 Å². The molecule has 0 spiro atoms. The van der Waals surface area contributed by atoms with Crippen LogP contribution in [-0.2, 0) is 9.53 Å². The Bertz CT molecular complexity index is 891. The standard InChI is InChI=1S/C19H20N4O3S/c1-26-10-9-20-17(24)12-21-19(25)15-13-23(14-6-3-2-4-7-14)22-18(15)16-8-5-11-27-16/h2-8,11,13H,9-10,12H2,1H3,(H,20,24)(H,21,25). The number of hydrogen-bond donors (Lipinski definition) is 2. The Kier molecular flexibility index (Phi) is 6.35. The lowest BCUT2D eigenvalue weighted by Gasteiger charge is -2.06. The van der Waals surface area contributed by atoms with Crippen LogP contribution in [0.4, 0.5) is 0 Å². The molecule has 8 heteroatoms. The van der Waals surface area contributed by atoms with Crippen molar-refractivity contribution in [3.63, 3.8) is 0 Å². The van der Waals surface area contributed by atoms with E-state index in [1.165, 1.54) is 11.3 Å². The van der Waals surface area contributed by atoms with Crippen molar-refractivity contribution in [1.82, 2.24) is 20.4 Å². The zero-order valence-electron chi connectivity index (χ0n) is 14.8. The second-order valence-corrected chi connectivity index (χ2v) is 6.62. The third-order valence-electron chi connectivity index (χ3n) is 3.77. The van der Waals surface area contributed by atoms with Crippen LogP contribution in [0.2, 0.25) is 0 Å². The molecule has 0 saturated carbocycles. The fraction of sp³-hybridized carbons (Fsp3) is 0.211. The first-order chi connectivity index (χ1) is 13.2. The Labute approximate surface area is 161 Å². The number of rotatable bonds is 8. The van der Waals surface area contributed by atoms with Gasteiger partial charge in [0.05, 0.1) is 29.3 Å². The summed E-state index contributed by atoms with van der Waals surface area (Å²) in [5.41, 5.74) is 1.86.